The number of benzene rings is 1. The van der Waals surface area contributed by atoms with E-state index >= 15 is 0 Å². The second-order valence-electron chi connectivity index (χ2n) is 9.24. The van der Waals surface area contributed by atoms with Crippen molar-refractivity contribution in [1.82, 2.24) is 4.31 Å². The van der Waals surface area contributed by atoms with Crippen LogP contribution in [-0.4, -0.2) is 64.4 Å². The predicted molar refractivity (Wildman–Crippen MR) is 131 cm³/mol. The second-order valence-corrected chi connectivity index (χ2v) is 12.3. The Morgan fingerprint density at radius 3 is 2.53 bits per heavy atom. The molecule has 4 rings (SSSR count). The van der Waals surface area contributed by atoms with Gasteiger partial charge in [0.1, 0.15) is 5.00 Å². The number of esters is 1. The van der Waals surface area contributed by atoms with Gasteiger partial charge in [0.2, 0.25) is 10.0 Å². The molecule has 1 fully saturated rings. The Bertz CT molecular complexity index is 1170. The summed E-state index contributed by atoms with van der Waals surface area (Å²) >= 11 is 1.47. The Labute approximate surface area is 204 Å². The lowest BCUT2D eigenvalue weighted by atomic mass is 9.88. The van der Waals surface area contributed by atoms with Gasteiger partial charge in [0.05, 0.1) is 43.7 Å². The highest BCUT2D eigenvalue weighted by Crippen LogP contribution is 2.39. The maximum absolute atomic E-state index is 12.9. The SMILES string of the molecule is COC(=O)c1c(NC(=O)C[NH+]2CCN(S(=O)(=O)c3ccc(C)cc3)CC2)sc2c1CCC(C)C2. The van der Waals surface area contributed by atoms with Crippen LogP contribution in [-0.2, 0) is 32.4 Å². The Morgan fingerprint density at radius 2 is 1.88 bits per heavy atom. The first-order valence-corrected chi connectivity index (χ1v) is 13.9. The highest BCUT2D eigenvalue weighted by Gasteiger charge is 2.32. The van der Waals surface area contributed by atoms with Crippen LogP contribution in [0.15, 0.2) is 29.2 Å². The van der Waals surface area contributed by atoms with Gasteiger partial charge in [0.25, 0.3) is 5.91 Å². The van der Waals surface area contributed by atoms with Crippen molar-refractivity contribution in [3.8, 4) is 0 Å². The fourth-order valence-electron chi connectivity index (χ4n) is 4.63. The van der Waals surface area contributed by atoms with Gasteiger partial charge in [0, 0.05) is 4.88 Å². The minimum atomic E-state index is -3.53. The average Bonchev–Trinajstić information content (AvgIpc) is 3.15. The van der Waals surface area contributed by atoms with Gasteiger partial charge in [-0.05, 0) is 49.8 Å². The molecular formula is C24H32N3O5S2+. The lowest BCUT2D eigenvalue weighted by molar-refractivity contribution is -0.895. The molecule has 1 aliphatic heterocycles. The summed E-state index contributed by atoms with van der Waals surface area (Å²) in [6, 6.07) is 6.87. The molecule has 1 unspecified atom stereocenters. The third-order valence-electron chi connectivity index (χ3n) is 6.65. The van der Waals surface area contributed by atoms with E-state index in [2.05, 4.69) is 12.2 Å². The Morgan fingerprint density at radius 1 is 1.21 bits per heavy atom. The largest absolute Gasteiger partial charge is 0.465 e. The minimum absolute atomic E-state index is 0.179. The van der Waals surface area contributed by atoms with Crippen LogP contribution >= 0.6 is 11.3 Å². The van der Waals surface area contributed by atoms with Crippen LogP contribution in [0.5, 0.6) is 0 Å². The predicted octanol–water partition coefficient (Wildman–Crippen LogP) is 1.50. The first kappa shape index (κ1) is 24.8. The van der Waals surface area contributed by atoms with Crippen molar-refractivity contribution >= 4 is 38.2 Å². The lowest BCUT2D eigenvalue weighted by Crippen LogP contribution is -3.15. The Kier molecular flexibility index (Phi) is 7.42. The molecule has 1 aromatic heterocycles. The number of carbonyl (C=O) groups excluding carboxylic acids is 2. The molecule has 34 heavy (non-hydrogen) atoms. The number of aryl methyl sites for hydroxylation is 1. The molecule has 1 aromatic carbocycles. The summed E-state index contributed by atoms with van der Waals surface area (Å²) in [7, 11) is -2.18. The van der Waals surface area contributed by atoms with E-state index in [-0.39, 0.29) is 12.5 Å². The van der Waals surface area contributed by atoms with E-state index in [1.165, 1.54) is 22.8 Å². The zero-order chi connectivity index (χ0) is 24.5. The minimum Gasteiger partial charge on any atom is -0.465 e. The fraction of sp³-hybridized carbons (Fsp3) is 0.500. The maximum Gasteiger partial charge on any atom is 0.341 e. The van der Waals surface area contributed by atoms with Crippen LogP contribution in [0.2, 0.25) is 0 Å². The number of carbonyl (C=O) groups is 2. The number of quaternary nitrogens is 1. The van der Waals surface area contributed by atoms with Gasteiger partial charge in [0.15, 0.2) is 6.54 Å². The number of thiophene rings is 1. The zero-order valence-electron chi connectivity index (χ0n) is 19.8. The normalized spacial score (nSPS) is 19.4. The van der Waals surface area contributed by atoms with Gasteiger partial charge in [-0.3, -0.25) is 4.79 Å². The first-order chi connectivity index (χ1) is 16.2. The van der Waals surface area contributed by atoms with Crippen molar-refractivity contribution in [2.75, 3.05) is 45.2 Å². The van der Waals surface area contributed by atoms with Crippen LogP contribution in [0, 0.1) is 12.8 Å². The number of anilines is 1. The molecule has 2 N–H and O–H groups in total. The Balaban J connectivity index is 1.38. The molecule has 1 aliphatic carbocycles. The summed E-state index contributed by atoms with van der Waals surface area (Å²) in [6.07, 6.45) is 2.74. The van der Waals surface area contributed by atoms with Crippen molar-refractivity contribution in [3.05, 3.63) is 45.8 Å². The summed E-state index contributed by atoms with van der Waals surface area (Å²) in [4.78, 5) is 27.8. The molecule has 8 nitrogen and oxygen atoms in total. The molecule has 2 aromatic rings. The number of hydrogen-bond donors (Lipinski definition) is 2. The first-order valence-electron chi connectivity index (χ1n) is 11.6. The number of methoxy groups -OCH3 is 1. The highest BCUT2D eigenvalue weighted by molar-refractivity contribution is 7.89. The average molecular weight is 507 g/mol. The summed E-state index contributed by atoms with van der Waals surface area (Å²) in [6.45, 7) is 6.14. The van der Waals surface area contributed by atoms with E-state index in [0.29, 0.717) is 47.6 Å². The van der Waals surface area contributed by atoms with E-state index in [9.17, 15) is 18.0 Å². The molecule has 2 aliphatic rings. The number of rotatable bonds is 6. The smallest absolute Gasteiger partial charge is 0.341 e. The molecule has 1 amide bonds. The number of nitrogens with zero attached hydrogens (tertiary/aromatic N) is 1. The van der Waals surface area contributed by atoms with Crippen LogP contribution in [0.3, 0.4) is 0 Å². The molecular weight excluding hydrogens is 474 g/mol. The maximum atomic E-state index is 12.9. The molecule has 0 saturated carbocycles. The quantitative estimate of drug-likeness (QED) is 0.579. The lowest BCUT2D eigenvalue weighted by Gasteiger charge is -2.31. The molecule has 1 atom stereocenters. The van der Waals surface area contributed by atoms with Crippen LogP contribution in [0.25, 0.3) is 0 Å². The molecule has 184 valence electrons. The summed E-state index contributed by atoms with van der Waals surface area (Å²) < 4.78 is 32.3. The van der Waals surface area contributed by atoms with Gasteiger partial charge >= 0.3 is 5.97 Å². The highest BCUT2D eigenvalue weighted by atomic mass is 32.2. The monoisotopic (exact) mass is 506 g/mol. The van der Waals surface area contributed by atoms with Crippen molar-refractivity contribution < 1.29 is 27.6 Å². The fourth-order valence-corrected chi connectivity index (χ4v) is 7.49. The van der Waals surface area contributed by atoms with Gasteiger partial charge in [-0.2, -0.15) is 4.31 Å². The van der Waals surface area contributed by atoms with E-state index in [0.717, 1.165) is 40.2 Å². The molecule has 0 spiro atoms. The Hall–Kier alpha value is -2.27. The van der Waals surface area contributed by atoms with E-state index in [1.54, 1.807) is 24.3 Å². The summed E-state index contributed by atoms with van der Waals surface area (Å²) in [5.74, 6) is -0.0385. The molecule has 0 radical (unpaired) electrons. The van der Waals surface area contributed by atoms with Crippen LogP contribution in [0.4, 0.5) is 5.00 Å². The van der Waals surface area contributed by atoms with Gasteiger partial charge in [-0.15, -0.1) is 11.3 Å². The van der Waals surface area contributed by atoms with Crippen LogP contribution < -0.4 is 10.2 Å². The summed E-state index contributed by atoms with van der Waals surface area (Å²) in [5.41, 5.74) is 2.51. The van der Waals surface area contributed by atoms with Crippen molar-refractivity contribution in [2.24, 2.45) is 5.92 Å². The molecule has 10 heteroatoms. The van der Waals surface area contributed by atoms with Crippen molar-refractivity contribution in [3.63, 3.8) is 0 Å². The number of fused-ring (bicyclic) bond motifs is 1. The van der Waals surface area contributed by atoms with Gasteiger partial charge < -0.3 is 15.0 Å². The summed E-state index contributed by atoms with van der Waals surface area (Å²) in [5, 5.41) is 3.51. The van der Waals surface area contributed by atoms with Gasteiger partial charge in [-0.25, -0.2) is 13.2 Å². The van der Waals surface area contributed by atoms with E-state index in [4.69, 9.17) is 4.74 Å². The number of nitrogens with one attached hydrogen (secondary N) is 2. The molecule has 1 saturated heterocycles. The van der Waals surface area contributed by atoms with E-state index < -0.39 is 16.0 Å². The number of piperazine rings is 1. The molecule has 0 bridgehead atoms. The second kappa shape index (κ2) is 10.2. The number of amides is 1. The number of ether oxygens (including phenoxy) is 1. The number of sulfonamides is 1. The topological polar surface area (TPSA) is 97.2 Å². The third-order valence-corrected chi connectivity index (χ3v) is 9.74. The standard InChI is InChI=1S/C24H31N3O5S2/c1-16-4-7-18(8-5-16)34(30,31)27-12-10-26(11-13-27)15-21(28)25-23-22(24(29)32-3)19-9-6-17(2)14-20(19)33-23/h4-5,7-8,17H,6,9-15H2,1-3H3,(H,25,28)/p+1. The van der Waals surface area contributed by atoms with Crippen molar-refractivity contribution in [1.29, 1.82) is 0 Å². The van der Waals surface area contributed by atoms with E-state index in [1.807, 2.05) is 6.92 Å². The molecule has 2 heterocycles. The zero-order valence-corrected chi connectivity index (χ0v) is 21.5. The third kappa shape index (κ3) is 5.19. The van der Waals surface area contributed by atoms with Crippen molar-refractivity contribution in [2.45, 2.75) is 38.0 Å². The van der Waals surface area contributed by atoms with Crippen LogP contribution in [0.1, 0.15) is 39.7 Å². The van der Waals surface area contributed by atoms with Gasteiger partial charge in [-0.1, -0.05) is 24.6 Å². The number of hydrogen-bond acceptors (Lipinski definition) is 6.